The van der Waals surface area contributed by atoms with Gasteiger partial charge in [0, 0.05) is 44.5 Å². The summed E-state index contributed by atoms with van der Waals surface area (Å²) in [5, 5.41) is 9.19. The lowest BCUT2D eigenvalue weighted by atomic mass is 10.2. The molecule has 34 heavy (non-hydrogen) atoms. The molecule has 0 unspecified atom stereocenters. The van der Waals surface area contributed by atoms with E-state index in [1.807, 2.05) is 22.9 Å². The lowest BCUT2D eigenvalue weighted by molar-refractivity contribution is 0.274. The average Bonchev–Trinajstić information content (AvgIpc) is 3.55. The Kier molecular flexibility index (Phi) is 6.82. The van der Waals surface area contributed by atoms with E-state index in [9.17, 15) is 8.42 Å². The number of halogens is 2. The van der Waals surface area contributed by atoms with E-state index >= 15 is 0 Å². The van der Waals surface area contributed by atoms with Gasteiger partial charge >= 0.3 is 0 Å². The van der Waals surface area contributed by atoms with E-state index in [2.05, 4.69) is 36.1 Å². The van der Waals surface area contributed by atoms with Crippen molar-refractivity contribution in [3.05, 3.63) is 39.5 Å². The van der Waals surface area contributed by atoms with E-state index in [0.29, 0.717) is 48.7 Å². The van der Waals surface area contributed by atoms with Crippen molar-refractivity contribution < 1.29 is 13.2 Å². The van der Waals surface area contributed by atoms with Crippen LogP contribution in [0.1, 0.15) is 24.8 Å². The zero-order valence-electron chi connectivity index (χ0n) is 18.8. The molecule has 1 aromatic carbocycles. The second-order valence-electron chi connectivity index (χ2n) is 8.97. The number of ether oxygens (including phenoxy) is 1. The summed E-state index contributed by atoms with van der Waals surface area (Å²) < 4.78 is 34.3. The van der Waals surface area contributed by atoms with Crippen LogP contribution in [-0.4, -0.2) is 70.0 Å². The summed E-state index contributed by atoms with van der Waals surface area (Å²) in [6, 6.07) is 5.72. The summed E-state index contributed by atoms with van der Waals surface area (Å²) in [6.45, 7) is 3.83. The predicted octanol–water partition coefficient (Wildman–Crippen LogP) is 3.91. The Morgan fingerprint density at radius 1 is 1.21 bits per heavy atom. The SMILES string of the molecule is CS(=O)(=O)N1CCCN(Cc2cc(Cl)cnc2Oc2ccc3c(nnn3CC3CC3)c2Br)CC1. The van der Waals surface area contributed by atoms with Crippen LogP contribution in [0.2, 0.25) is 5.02 Å². The number of pyridine rings is 1. The molecule has 1 aliphatic heterocycles. The number of benzene rings is 1. The number of fused-ring (bicyclic) bond motifs is 1. The van der Waals surface area contributed by atoms with Crippen LogP contribution in [0.4, 0.5) is 0 Å². The van der Waals surface area contributed by atoms with Crippen LogP contribution in [-0.2, 0) is 23.1 Å². The van der Waals surface area contributed by atoms with E-state index < -0.39 is 10.0 Å². The normalized spacial score (nSPS) is 18.3. The van der Waals surface area contributed by atoms with Crippen molar-refractivity contribution in [1.82, 2.24) is 29.2 Å². The fourth-order valence-corrected chi connectivity index (χ4v) is 5.75. The highest BCUT2D eigenvalue weighted by molar-refractivity contribution is 9.10. The third-order valence-electron chi connectivity index (χ3n) is 6.23. The molecule has 0 atom stereocenters. The van der Waals surface area contributed by atoms with E-state index in [-0.39, 0.29) is 0 Å². The summed E-state index contributed by atoms with van der Waals surface area (Å²) >= 11 is 9.90. The van der Waals surface area contributed by atoms with Gasteiger partial charge in [0.2, 0.25) is 15.9 Å². The number of nitrogens with zero attached hydrogens (tertiary/aromatic N) is 6. The van der Waals surface area contributed by atoms with E-state index in [1.54, 1.807) is 6.20 Å². The second kappa shape index (κ2) is 9.69. The summed E-state index contributed by atoms with van der Waals surface area (Å²) in [7, 11) is -3.19. The highest BCUT2D eigenvalue weighted by Crippen LogP contribution is 2.37. The van der Waals surface area contributed by atoms with Gasteiger partial charge in [-0.1, -0.05) is 16.8 Å². The molecule has 0 bridgehead atoms. The molecule has 0 radical (unpaired) electrons. The van der Waals surface area contributed by atoms with Crippen LogP contribution in [0, 0.1) is 5.92 Å². The maximum atomic E-state index is 11.9. The number of aromatic nitrogens is 4. The second-order valence-corrected chi connectivity index (χ2v) is 12.2. The van der Waals surface area contributed by atoms with Crippen LogP contribution in [0.25, 0.3) is 11.0 Å². The molecule has 2 fully saturated rings. The van der Waals surface area contributed by atoms with Crippen LogP contribution >= 0.6 is 27.5 Å². The first kappa shape index (κ1) is 23.9. The van der Waals surface area contributed by atoms with Crippen molar-refractivity contribution in [2.75, 3.05) is 32.4 Å². The lowest BCUT2D eigenvalue weighted by Crippen LogP contribution is -2.34. The Bertz CT molecular complexity index is 1310. The minimum Gasteiger partial charge on any atom is -0.437 e. The minimum absolute atomic E-state index is 0.457. The number of hydrogen-bond donors (Lipinski definition) is 0. The lowest BCUT2D eigenvalue weighted by Gasteiger charge is -2.22. The van der Waals surface area contributed by atoms with Crippen molar-refractivity contribution in [2.24, 2.45) is 5.92 Å². The van der Waals surface area contributed by atoms with E-state index in [1.165, 1.54) is 23.4 Å². The fourth-order valence-electron chi connectivity index (χ4n) is 4.20. The first-order chi connectivity index (χ1) is 16.3. The largest absolute Gasteiger partial charge is 0.437 e. The molecule has 1 saturated heterocycles. The van der Waals surface area contributed by atoms with Gasteiger partial charge in [-0.3, -0.25) is 4.90 Å². The van der Waals surface area contributed by atoms with Gasteiger partial charge < -0.3 is 4.74 Å². The molecule has 1 saturated carbocycles. The van der Waals surface area contributed by atoms with Gasteiger partial charge in [-0.25, -0.2) is 22.4 Å². The zero-order valence-corrected chi connectivity index (χ0v) is 22.0. The highest BCUT2D eigenvalue weighted by atomic mass is 79.9. The quantitative estimate of drug-likeness (QED) is 0.426. The molecule has 5 rings (SSSR count). The zero-order chi connectivity index (χ0) is 23.9. The van der Waals surface area contributed by atoms with Gasteiger partial charge in [0.25, 0.3) is 0 Å². The van der Waals surface area contributed by atoms with E-state index in [4.69, 9.17) is 16.3 Å². The van der Waals surface area contributed by atoms with Gasteiger partial charge in [0.15, 0.2) is 0 Å². The number of rotatable bonds is 7. The summed E-state index contributed by atoms with van der Waals surface area (Å²) in [4.78, 5) is 6.64. The Hall–Kier alpha value is -1.79. The van der Waals surface area contributed by atoms with Gasteiger partial charge in [-0.15, -0.1) is 5.10 Å². The maximum absolute atomic E-state index is 11.9. The highest BCUT2D eigenvalue weighted by Gasteiger charge is 2.25. The van der Waals surface area contributed by atoms with Crippen LogP contribution in [0.3, 0.4) is 0 Å². The van der Waals surface area contributed by atoms with Crippen LogP contribution in [0.15, 0.2) is 28.9 Å². The van der Waals surface area contributed by atoms with Gasteiger partial charge in [0.1, 0.15) is 11.3 Å². The van der Waals surface area contributed by atoms with Crippen molar-refractivity contribution in [3.63, 3.8) is 0 Å². The first-order valence-electron chi connectivity index (χ1n) is 11.3. The molecule has 12 heteroatoms. The fraction of sp³-hybridized carbons (Fsp3) is 0.500. The molecular formula is C22H26BrClN6O3S. The molecule has 3 aromatic rings. The monoisotopic (exact) mass is 568 g/mol. The van der Waals surface area contributed by atoms with Crippen molar-refractivity contribution in [1.29, 1.82) is 0 Å². The maximum Gasteiger partial charge on any atom is 0.223 e. The van der Waals surface area contributed by atoms with Gasteiger partial charge in [0.05, 0.1) is 21.3 Å². The third-order valence-corrected chi connectivity index (χ3v) is 8.50. The Balaban J connectivity index is 1.36. The molecule has 2 aliphatic rings. The average molecular weight is 570 g/mol. The molecule has 3 heterocycles. The molecule has 182 valence electrons. The predicted molar refractivity (Wildman–Crippen MR) is 134 cm³/mol. The van der Waals surface area contributed by atoms with Gasteiger partial charge in [-0.2, -0.15) is 0 Å². The first-order valence-corrected chi connectivity index (χ1v) is 14.3. The summed E-state index contributed by atoms with van der Waals surface area (Å²) in [5.41, 5.74) is 2.56. The Morgan fingerprint density at radius 2 is 2.03 bits per heavy atom. The summed E-state index contributed by atoms with van der Waals surface area (Å²) in [6.07, 6.45) is 6.08. The minimum atomic E-state index is -3.19. The Labute approximate surface area is 212 Å². The molecule has 0 spiro atoms. The van der Waals surface area contributed by atoms with Crippen LogP contribution < -0.4 is 4.74 Å². The van der Waals surface area contributed by atoms with E-state index in [0.717, 1.165) is 40.6 Å². The third kappa shape index (κ3) is 5.38. The van der Waals surface area contributed by atoms with Crippen molar-refractivity contribution in [2.45, 2.75) is 32.4 Å². The topological polar surface area (TPSA) is 93.5 Å². The smallest absolute Gasteiger partial charge is 0.223 e. The number of hydrogen-bond acceptors (Lipinski definition) is 7. The molecule has 9 nitrogen and oxygen atoms in total. The van der Waals surface area contributed by atoms with Crippen molar-refractivity contribution >= 4 is 48.6 Å². The van der Waals surface area contributed by atoms with Gasteiger partial charge in [-0.05, 0) is 65.9 Å². The van der Waals surface area contributed by atoms with Crippen molar-refractivity contribution in [3.8, 4) is 11.6 Å². The molecule has 0 N–H and O–H groups in total. The Morgan fingerprint density at radius 3 is 2.79 bits per heavy atom. The summed E-state index contributed by atoms with van der Waals surface area (Å²) in [5.74, 6) is 1.75. The standard InChI is InChI=1S/C22H26BrClN6O3S/c1-34(31,32)29-8-2-7-28(9-10-29)14-16-11-17(24)12-25-22(16)33-19-6-5-18-21(20(19)23)26-27-30(18)13-15-3-4-15/h5-6,11-12,15H,2-4,7-10,13-14H2,1H3. The molecule has 1 aliphatic carbocycles. The molecular weight excluding hydrogens is 544 g/mol. The molecule has 2 aromatic heterocycles. The number of sulfonamides is 1. The van der Waals surface area contributed by atoms with Crippen LogP contribution in [0.5, 0.6) is 11.6 Å². The molecule has 0 amide bonds.